The molecule has 40 heavy (non-hydrogen) atoms. The van der Waals surface area contributed by atoms with Gasteiger partial charge < -0.3 is 31.3 Å². The van der Waals surface area contributed by atoms with Crippen LogP contribution in [-0.4, -0.2) is 92.9 Å². The number of aromatic nitrogens is 4. The number of azide groups is 1. The number of rotatable bonds is 11. The van der Waals surface area contributed by atoms with E-state index < -0.39 is 47.1 Å². The summed E-state index contributed by atoms with van der Waals surface area (Å²) in [6.07, 6.45) is 0.775. The number of aliphatic hydroxyl groups excluding tert-OH is 1. The minimum absolute atomic E-state index is 0.0563. The molecule has 3 saturated heterocycles. The molecule has 0 aromatic carbocycles. The highest BCUT2D eigenvalue weighted by molar-refractivity contribution is 8.00. The van der Waals surface area contributed by atoms with Crippen molar-refractivity contribution in [3.63, 3.8) is 0 Å². The van der Waals surface area contributed by atoms with Gasteiger partial charge in [0.2, 0.25) is 0 Å². The van der Waals surface area contributed by atoms with Gasteiger partial charge in [-0.05, 0) is 30.7 Å². The number of aliphatic hydroxyl groups is 1. The highest BCUT2D eigenvalue weighted by Gasteiger charge is 2.45. The van der Waals surface area contributed by atoms with Crippen molar-refractivity contribution in [2.45, 2.75) is 67.5 Å². The third kappa shape index (κ3) is 5.86. The maximum absolute atomic E-state index is 12.4. The van der Waals surface area contributed by atoms with Gasteiger partial charge in [0.25, 0.3) is 0 Å². The molecule has 7 atom stereocenters. The highest BCUT2D eigenvalue weighted by Crippen LogP contribution is 2.35. The van der Waals surface area contributed by atoms with Crippen molar-refractivity contribution in [1.82, 2.24) is 34.9 Å². The molecule has 0 saturated carbocycles. The van der Waals surface area contributed by atoms with Gasteiger partial charge in [0.1, 0.15) is 30.2 Å². The Morgan fingerprint density at radius 1 is 1.38 bits per heavy atom. The maximum atomic E-state index is 12.4. The summed E-state index contributed by atoms with van der Waals surface area (Å²) < 4.78 is 37.5. The van der Waals surface area contributed by atoms with E-state index >= 15 is 0 Å². The molecule has 216 valence electrons. The molecule has 6 N–H and O–H groups in total. The van der Waals surface area contributed by atoms with Crippen LogP contribution < -0.4 is 26.2 Å². The number of nitrogens with one attached hydrogen (secondary N) is 3. The molecule has 5 rings (SSSR count). The summed E-state index contributed by atoms with van der Waals surface area (Å²) in [5.74, 6) is 0.141. The van der Waals surface area contributed by atoms with Crippen LogP contribution >= 0.6 is 11.8 Å². The lowest BCUT2D eigenvalue weighted by Gasteiger charge is -2.17. The number of hydrogen-bond donors (Lipinski definition) is 5. The first kappa shape index (κ1) is 28.1. The van der Waals surface area contributed by atoms with E-state index in [2.05, 4.69) is 44.7 Å². The molecule has 5 heterocycles. The second-order valence-electron chi connectivity index (χ2n) is 9.51. The quantitative estimate of drug-likeness (QED) is 0.0386. The molecule has 3 aliphatic heterocycles. The standard InChI is InChI=1S/C20H28N12O6S2/c21-17-15-18(24-7-23-17)32(8-25-15)19-14(29-31-22)16(34)10(38-19)5-26-40(36,37)30-12(33)4-2-1-3-11-13-9(6-39-11)27-20(35)28-13/h7-11,13-14,16,19,26,34H,1-6H2,(H,30,33)(H2,21,23,24)(H2,27,28,35)/p-1/t9-,10+,11-,13-,14-,16+,19+/m0/s1. The summed E-state index contributed by atoms with van der Waals surface area (Å²) >= 11 is 1.76. The summed E-state index contributed by atoms with van der Waals surface area (Å²) in [5.41, 5.74) is 15.3. The zero-order valence-electron chi connectivity index (χ0n) is 20.9. The van der Waals surface area contributed by atoms with Crippen LogP contribution in [0.2, 0.25) is 0 Å². The number of anilines is 1. The predicted molar refractivity (Wildman–Crippen MR) is 141 cm³/mol. The van der Waals surface area contributed by atoms with E-state index in [4.69, 9.17) is 16.0 Å². The summed E-state index contributed by atoms with van der Waals surface area (Å²) in [7, 11) is -4.39. The minimum atomic E-state index is -4.39. The second-order valence-corrected chi connectivity index (χ2v) is 12.2. The zero-order valence-corrected chi connectivity index (χ0v) is 22.5. The Bertz CT molecular complexity index is 1450. The molecule has 18 nitrogen and oxygen atoms in total. The Labute approximate surface area is 232 Å². The smallest absolute Gasteiger partial charge is 0.318 e. The van der Waals surface area contributed by atoms with Crippen molar-refractivity contribution in [2.75, 3.05) is 18.0 Å². The lowest BCUT2D eigenvalue weighted by molar-refractivity contribution is -0.218. The van der Waals surface area contributed by atoms with Crippen molar-refractivity contribution >= 4 is 50.9 Å². The fourth-order valence-corrected chi connectivity index (χ4v) is 7.38. The highest BCUT2D eigenvalue weighted by atomic mass is 32.2. The molecular weight excluding hydrogens is 568 g/mol. The molecule has 0 spiro atoms. The molecule has 3 fully saturated rings. The monoisotopic (exact) mass is 595 g/mol. The number of carbonyl (C=O) groups is 1. The SMILES string of the molecule is [N-]=[N+]=N[C@H]1[C@H](O)[C@@H](CNS(=O)(=O)/N=C(\[O-])CCCC[C@@H]2SC[C@@H]3NC(=O)N[C@@H]32)O[C@H]1n1cnc2c(N)ncnc21. The number of ether oxygens (including phenoxy) is 1. The minimum Gasteiger partial charge on any atom is -0.861 e. The average Bonchev–Trinajstić information content (AvgIpc) is 3.65. The van der Waals surface area contributed by atoms with Crippen LogP contribution in [0.15, 0.2) is 22.2 Å². The lowest BCUT2D eigenvalue weighted by Crippen LogP contribution is -2.39. The predicted octanol–water partition coefficient (Wildman–Crippen LogP) is -1.34. The van der Waals surface area contributed by atoms with Crippen LogP contribution in [0.3, 0.4) is 0 Å². The first-order chi connectivity index (χ1) is 19.2. The summed E-state index contributed by atoms with van der Waals surface area (Å²) in [4.78, 5) is 26.3. The van der Waals surface area contributed by atoms with Gasteiger partial charge in [-0.15, -0.1) is 0 Å². The molecule has 0 aliphatic carbocycles. The van der Waals surface area contributed by atoms with E-state index in [1.165, 1.54) is 17.2 Å². The van der Waals surface area contributed by atoms with Crippen LogP contribution in [0, 0.1) is 0 Å². The topological polar surface area (TPSA) is 271 Å². The van der Waals surface area contributed by atoms with Crippen molar-refractivity contribution in [3.8, 4) is 0 Å². The molecule has 3 aliphatic rings. The van der Waals surface area contributed by atoms with Gasteiger partial charge in [0.15, 0.2) is 11.5 Å². The van der Waals surface area contributed by atoms with Gasteiger partial charge in [0.05, 0.1) is 24.5 Å². The molecule has 0 unspecified atom stereocenters. The van der Waals surface area contributed by atoms with Gasteiger partial charge in [-0.3, -0.25) is 4.57 Å². The molecule has 0 bridgehead atoms. The van der Waals surface area contributed by atoms with Gasteiger partial charge >= 0.3 is 16.2 Å². The van der Waals surface area contributed by atoms with Gasteiger partial charge in [-0.1, -0.05) is 11.5 Å². The van der Waals surface area contributed by atoms with E-state index in [0.29, 0.717) is 12.8 Å². The zero-order chi connectivity index (χ0) is 28.4. The van der Waals surface area contributed by atoms with Crippen LogP contribution in [0.1, 0.15) is 31.9 Å². The average molecular weight is 596 g/mol. The first-order valence-corrected chi connectivity index (χ1v) is 14.9. The van der Waals surface area contributed by atoms with Crippen molar-refractivity contribution in [3.05, 3.63) is 23.1 Å². The third-order valence-electron chi connectivity index (χ3n) is 6.94. The fraction of sp³-hybridized carbons (Fsp3) is 0.650. The number of amides is 2. The number of thioether (sulfide) groups is 1. The first-order valence-electron chi connectivity index (χ1n) is 12.4. The molecule has 2 aromatic rings. The van der Waals surface area contributed by atoms with Crippen molar-refractivity contribution in [1.29, 1.82) is 0 Å². The normalized spacial score (nSPS) is 30.2. The Kier molecular flexibility index (Phi) is 8.15. The number of carbonyl (C=O) groups excluding carboxylic acids is 1. The number of nitrogen functional groups attached to an aromatic ring is 1. The fourth-order valence-electron chi connectivity index (χ4n) is 5.03. The molecular formula is C20H27N12O6S2-. The Balaban J connectivity index is 1.14. The summed E-state index contributed by atoms with van der Waals surface area (Å²) in [5, 5.41) is 32.5. The van der Waals surface area contributed by atoms with Crippen LogP contribution in [-0.2, 0) is 14.9 Å². The van der Waals surface area contributed by atoms with E-state index in [1.54, 1.807) is 11.8 Å². The van der Waals surface area contributed by atoms with Crippen molar-refractivity contribution in [2.24, 2.45) is 9.51 Å². The Morgan fingerprint density at radius 3 is 3.00 bits per heavy atom. The number of urea groups is 1. The third-order valence-corrected chi connectivity index (χ3v) is 9.42. The Hall–Kier alpha value is -3.42. The number of imidazole rings is 1. The summed E-state index contributed by atoms with van der Waals surface area (Å²) in [6.45, 7) is -0.445. The largest absolute Gasteiger partial charge is 0.861 e. The molecule has 20 heteroatoms. The van der Waals surface area contributed by atoms with Crippen molar-refractivity contribution < 1.29 is 28.2 Å². The van der Waals surface area contributed by atoms with Gasteiger partial charge in [-0.25, -0.2) is 19.7 Å². The maximum Gasteiger partial charge on any atom is 0.318 e. The number of fused-ring (bicyclic) bond motifs is 2. The van der Waals surface area contributed by atoms with E-state index in [0.717, 1.165) is 12.2 Å². The number of hydrogen-bond acceptors (Lipinski definition) is 12. The molecule has 2 aromatic heterocycles. The lowest BCUT2D eigenvalue weighted by atomic mass is 10.0. The van der Waals surface area contributed by atoms with Gasteiger partial charge in [-0.2, -0.15) is 29.3 Å². The van der Waals surface area contributed by atoms with Gasteiger partial charge in [0, 0.05) is 22.5 Å². The number of nitrogens with zero attached hydrogens (tertiary/aromatic N) is 8. The van der Waals surface area contributed by atoms with Crippen LogP contribution in [0.25, 0.3) is 21.6 Å². The van der Waals surface area contributed by atoms with E-state index in [9.17, 15) is 23.4 Å². The van der Waals surface area contributed by atoms with E-state index in [-0.39, 0.29) is 46.8 Å². The van der Waals surface area contributed by atoms with E-state index in [1.807, 2.05) is 0 Å². The number of nitrogens with two attached hydrogens (primary N) is 1. The molecule has 0 radical (unpaired) electrons. The van der Waals surface area contributed by atoms with Crippen LogP contribution in [0.4, 0.5) is 10.6 Å². The number of unbranched alkanes of at least 4 members (excludes halogenated alkanes) is 1. The summed E-state index contributed by atoms with van der Waals surface area (Å²) in [6, 6.07) is -1.13. The Morgan fingerprint density at radius 2 is 2.20 bits per heavy atom. The second kappa shape index (κ2) is 11.6. The molecule has 2 amide bonds. The van der Waals surface area contributed by atoms with Crippen LogP contribution in [0.5, 0.6) is 0 Å².